The van der Waals surface area contributed by atoms with E-state index in [2.05, 4.69) is 5.32 Å². The monoisotopic (exact) mass is 495 g/mol. The highest BCUT2D eigenvalue weighted by Gasteiger charge is 2.32. The number of sulfonamides is 1. The van der Waals surface area contributed by atoms with Crippen molar-refractivity contribution in [3.05, 3.63) is 58.6 Å². The molecule has 33 heavy (non-hydrogen) atoms. The second-order valence-corrected chi connectivity index (χ2v) is 9.91. The van der Waals surface area contributed by atoms with Crippen molar-refractivity contribution in [2.45, 2.75) is 32.9 Å². The van der Waals surface area contributed by atoms with Gasteiger partial charge in [0.15, 0.2) is 0 Å². The normalized spacial score (nSPS) is 12.1. The molecule has 0 unspecified atom stereocenters. The maximum Gasteiger partial charge on any atom is 0.244 e. The van der Waals surface area contributed by atoms with Gasteiger partial charge >= 0.3 is 0 Å². The van der Waals surface area contributed by atoms with Gasteiger partial charge in [-0.15, -0.1) is 0 Å². The highest BCUT2D eigenvalue weighted by atomic mass is 35.5. The van der Waals surface area contributed by atoms with E-state index in [-0.39, 0.29) is 18.1 Å². The third kappa shape index (κ3) is 6.61. The van der Waals surface area contributed by atoms with E-state index in [0.717, 1.165) is 16.1 Å². The lowest BCUT2D eigenvalue weighted by atomic mass is 10.1. The maximum atomic E-state index is 13.6. The first-order valence-corrected chi connectivity index (χ1v) is 12.6. The van der Waals surface area contributed by atoms with Crippen LogP contribution >= 0.6 is 11.6 Å². The molecule has 0 aliphatic carbocycles. The van der Waals surface area contributed by atoms with Crippen molar-refractivity contribution in [1.29, 1.82) is 0 Å². The van der Waals surface area contributed by atoms with Gasteiger partial charge in [0.1, 0.15) is 18.3 Å². The number of anilines is 1. The summed E-state index contributed by atoms with van der Waals surface area (Å²) >= 11 is 6.30. The number of amides is 2. The molecular weight excluding hydrogens is 466 g/mol. The van der Waals surface area contributed by atoms with Gasteiger partial charge in [0, 0.05) is 18.6 Å². The number of halogens is 1. The van der Waals surface area contributed by atoms with Crippen LogP contribution in [0.5, 0.6) is 5.75 Å². The summed E-state index contributed by atoms with van der Waals surface area (Å²) in [4.78, 5) is 27.5. The van der Waals surface area contributed by atoms with E-state index in [4.69, 9.17) is 16.3 Å². The second-order valence-electron chi connectivity index (χ2n) is 7.60. The first-order chi connectivity index (χ1) is 15.5. The van der Waals surface area contributed by atoms with E-state index in [1.54, 1.807) is 49.4 Å². The standard InChI is InChI=1S/C23H30ClN3O5S/c1-6-19(23(29)25-3)26(14-17-9-7-8-10-18(17)24)22(28)15-27(33(5,30)31)20-13-16(2)11-12-21(20)32-4/h7-13,19H,6,14-15H2,1-5H3,(H,25,29)/t19-/m1/s1. The van der Waals surface area contributed by atoms with Crippen LogP contribution in [0.25, 0.3) is 0 Å². The molecule has 0 aliphatic heterocycles. The molecule has 1 N–H and O–H groups in total. The molecule has 0 fully saturated rings. The number of nitrogens with one attached hydrogen (secondary N) is 1. The first-order valence-electron chi connectivity index (χ1n) is 10.4. The third-order valence-electron chi connectivity index (χ3n) is 5.21. The Labute approximate surface area is 200 Å². The lowest BCUT2D eigenvalue weighted by molar-refractivity contribution is -0.140. The number of carbonyl (C=O) groups is 2. The van der Waals surface area contributed by atoms with Crippen molar-refractivity contribution in [2.75, 3.05) is 31.3 Å². The number of carbonyl (C=O) groups excluding carboxylic acids is 2. The molecule has 0 bridgehead atoms. The molecule has 0 aromatic heterocycles. The predicted octanol–water partition coefficient (Wildman–Crippen LogP) is 2.98. The van der Waals surface area contributed by atoms with Gasteiger partial charge in [-0.2, -0.15) is 0 Å². The van der Waals surface area contributed by atoms with Gasteiger partial charge in [0.25, 0.3) is 0 Å². The van der Waals surface area contributed by atoms with Crippen LogP contribution in [0.3, 0.4) is 0 Å². The SMILES string of the molecule is CC[C@H](C(=O)NC)N(Cc1ccccc1Cl)C(=O)CN(c1cc(C)ccc1OC)S(C)(=O)=O. The van der Waals surface area contributed by atoms with E-state index < -0.39 is 28.5 Å². The summed E-state index contributed by atoms with van der Waals surface area (Å²) in [5.41, 5.74) is 1.70. The molecule has 0 saturated heterocycles. The number of nitrogens with zero attached hydrogens (tertiary/aromatic N) is 2. The zero-order chi connectivity index (χ0) is 24.8. The summed E-state index contributed by atoms with van der Waals surface area (Å²) in [5, 5.41) is 3.02. The number of rotatable bonds is 10. The van der Waals surface area contributed by atoms with Crippen LogP contribution in [0.1, 0.15) is 24.5 Å². The molecule has 2 aromatic carbocycles. The van der Waals surface area contributed by atoms with Gasteiger partial charge in [0.05, 0.1) is 19.1 Å². The summed E-state index contributed by atoms with van der Waals surface area (Å²) < 4.78 is 31.8. The summed E-state index contributed by atoms with van der Waals surface area (Å²) in [5.74, 6) is -0.578. The van der Waals surface area contributed by atoms with Crippen molar-refractivity contribution in [1.82, 2.24) is 10.2 Å². The average molecular weight is 496 g/mol. The molecule has 8 nitrogen and oxygen atoms in total. The Morgan fingerprint density at radius 1 is 1.18 bits per heavy atom. The Kier molecular flexibility index (Phi) is 9.13. The number of methoxy groups -OCH3 is 1. The summed E-state index contributed by atoms with van der Waals surface area (Å²) in [6.07, 6.45) is 1.36. The van der Waals surface area contributed by atoms with Crippen LogP contribution in [0.2, 0.25) is 5.02 Å². The summed E-state index contributed by atoms with van der Waals surface area (Å²) in [6, 6.07) is 11.3. The highest BCUT2D eigenvalue weighted by Crippen LogP contribution is 2.31. The lowest BCUT2D eigenvalue weighted by Gasteiger charge is -2.33. The zero-order valence-corrected chi connectivity index (χ0v) is 21.0. The second kappa shape index (κ2) is 11.4. The van der Waals surface area contributed by atoms with Crippen molar-refractivity contribution < 1.29 is 22.7 Å². The molecule has 1 atom stereocenters. The minimum absolute atomic E-state index is 0.0486. The van der Waals surface area contributed by atoms with Gasteiger partial charge in [-0.25, -0.2) is 8.42 Å². The zero-order valence-electron chi connectivity index (χ0n) is 19.5. The van der Waals surface area contributed by atoms with Gasteiger partial charge in [0.2, 0.25) is 21.8 Å². The van der Waals surface area contributed by atoms with Crippen LogP contribution in [-0.4, -0.2) is 58.1 Å². The largest absolute Gasteiger partial charge is 0.495 e. The van der Waals surface area contributed by atoms with Crippen molar-refractivity contribution in [2.24, 2.45) is 0 Å². The minimum Gasteiger partial charge on any atom is -0.495 e. The molecule has 0 heterocycles. The molecule has 10 heteroatoms. The Bertz CT molecular complexity index is 1110. The van der Waals surface area contributed by atoms with Crippen LogP contribution in [0.4, 0.5) is 5.69 Å². The van der Waals surface area contributed by atoms with Crippen molar-refractivity contribution in [3.8, 4) is 5.75 Å². The van der Waals surface area contributed by atoms with Crippen molar-refractivity contribution in [3.63, 3.8) is 0 Å². The minimum atomic E-state index is -3.86. The van der Waals surface area contributed by atoms with Gasteiger partial charge < -0.3 is 15.0 Å². The number of hydrogen-bond acceptors (Lipinski definition) is 5. The highest BCUT2D eigenvalue weighted by molar-refractivity contribution is 7.92. The Balaban J connectivity index is 2.52. The van der Waals surface area contributed by atoms with Gasteiger partial charge in [-0.05, 0) is 42.7 Å². The number of benzene rings is 2. The fraction of sp³-hybridized carbons (Fsp3) is 0.391. The molecule has 2 rings (SSSR count). The van der Waals surface area contributed by atoms with E-state index in [9.17, 15) is 18.0 Å². The quantitative estimate of drug-likeness (QED) is 0.546. The average Bonchev–Trinajstić information content (AvgIpc) is 2.77. The van der Waals surface area contributed by atoms with Gasteiger partial charge in [-0.1, -0.05) is 42.8 Å². The predicted molar refractivity (Wildman–Crippen MR) is 130 cm³/mol. The van der Waals surface area contributed by atoms with E-state index in [0.29, 0.717) is 22.8 Å². The Hall–Kier alpha value is -2.78. The first kappa shape index (κ1) is 26.5. The topological polar surface area (TPSA) is 96.0 Å². The molecule has 2 amide bonds. The number of ether oxygens (including phenoxy) is 1. The number of likely N-dealkylation sites (N-methyl/N-ethyl adjacent to an activating group) is 1. The fourth-order valence-electron chi connectivity index (χ4n) is 3.49. The third-order valence-corrected chi connectivity index (χ3v) is 6.71. The number of aryl methyl sites for hydroxylation is 1. The Morgan fingerprint density at radius 2 is 1.85 bits per heavy atom. The molecule has 0 aliphatic rings. The lowest BCUT2D eigenvalue weighted by Crippen LogP contribution is -2.51. The Morgan fingerprint density at radius 3 is 2.39 bits per heavy atom. The van der Waals surface area contributed by atoms with Crippen LogP contribution in [0.15, 0.2) is 42.5 Å². The molecular formula is C23H30ClN3O5S. The molecule has 2 aromatic rings. The smallest absolute Gasteiger partial charge is 0.244 e. The van der Waals surface area contributed by atoms with E-state index in [1.165, 1.54) is 19.1 Å². The molecule has 0 spiro atoms. The number of hydrogen-bond donors (Lipinski definition) is 1. The fourth-order valence-corrected chi connectivity index (χ4v) is 4.53. The van der Waals surface area contributed by atoms with Gasteiger partial charge in [-0.3, -0.25) is 13.9 Å². The molecule has 0 saturated carbocycles. The molecule has 180 valence electrons. The van der Waals surface area contributed by atoms with Crippen LogP contribution in [-0.2, 0) is 26.2 Å². The van der Waals surface area contributed by atoms with E-state index >= 15 is 0 Å². The maximum absolute atomic E-state index is 13.6. The summed E-state index contributed by atoms with van der Waals surface area (Å²) in [7, 11) is -0.937. The summed E-state index contributed by atoms with van der Waals surface area (Å²) in [6.45, 7) is 3.14. The van der Waals surface area contributed by atoms with Crippen LogP contribution in [0, 0.1) is 6.92 Å². The molecule has 0 radical (unpaired) electrons. The van der Waals surface area contributed by atoms with Crippen LogP contribution < -0.4 is 14.4 Å². The van der Waals surface area contributed by atoms with E-state index in [1.807, 2.05) is 6.92 Å². The van der Waals surface area contributed by atoms with Crippen molar-refractivity contribution >= 4 is 39.1 Å².